The van der Waals surface area contributed by atoms with Crippen LogP contribution >= 0.6 is 0 Å². The Labute approximate surface area is 228 Å². The molecule has 0 atom stereocenters. The van der Waals surface area contributed by atoms with Gasteiger partial charge >= 0.3 is 8.32 Å². The van der Waals surface area contributed by atoms with E-state index < -0.39 is 8.32 Å². The highest BCUT2D eigenvalue weighted by Crippen LogP contribution is 2.40. The zero-order valence-electron chi connectivity index (χ0n) is 23.5. The van der Waals surface area contributed by atoms with Crippen molar-refractivity contribution < 1.29 is 13.9 Å². The molecule has 0 amide bonds. The molecule has 0 aliphatic carbocycles. The van der Waals surface area contributed by atoms with Crippen LogP contribution in [0.1, 0.15) is 43.0 Å². The van der Waals surface area contributed by atoms with Crippen LogP contribution in [0.2, 0.25) is 5.04 Å². The number of methoxy groups -OCH3 is 2. The molecule has 0 radical (unpaired) electrons. The molecule has 0 aromatic heterocycles. The molecule has 0 bridgehead atoms. The third-order valence-electron chi connectivity index (χ3n) is 7.02. The van der Waals surface area contributed by atoms with Gasteiger partial charge in [-0.1, -0.05) is 99.7 Å². The number of aryl methyl sites for hydroxylation is 2. The first-order valence-corrected chi connectivity index (χ1v) is 14.9. The summed E-state index contributed by atoms with van der Waals surface area (Å²) in [6.07, 6.45) is 4.26. The Morgan fingerprint density at radius 1 is 0.605 bits per heavy atom. The van der Waals surface area contributed by atoms with Gasteiger partial charge in [0.25, 0.3) is 0 Å². The largest absolute Gasteiger partial charge is 0.531 e. The molecule has 196 valence electrons. The van der Waals surface area contributed by atoms with E-state index in [1.807, 2.05) is 6.07 Å². The van der Waals surface area contributed by atoms with Gasteiger partial charge in [-0.25, -0.2) is 0 Å². The molecule has 38 heavy (non-hydrogen) atoms. The predicted octanol–water partition coefficient (Wildman–Crippen LogP) is 7.43. The Morgan fingerprint density at radius 3 is 1.61 bits per heavy atom. The first-order valence-electron chi connectivity index (χ1n) is 13.0. The maximum Gasteiger partial charge on any atom is 0.320 e. The van der Waals surface area contributed by atoms with Crippen molar-refractivity contribution in [2.24, 2.45) is 0 Å². The van der Waals surface area contributed by atoms with Crippen molar-refractivity contribution >= 4 is 30.8 Å². The summed E-state index contributed by atoms with van der Waals surface area (Å²) in [6.45, 7) is 11.0. The van der Waals surface area contributed by atoms with Crippen LogP contribution in [0.25, 0.3) is 12.2 Å². The fourth-order valence-corrected chi connectivity index (χ4v) is 9.71. The molecule has 0 fully saturated rings. The maximum atomic E-state index is 7.29. The quantitative estimate of drug-likeness (QED) is 0.178. The van der Waals surface area contributed by atoms with Crippen molar-refractivity contribution in [3.8, 4) is 17.2 Å². The minimum Gasteiger partial charge on any atom is -0.531 e. The number of ether oxygens (including phenoxy) is 2. The monoisotopic (exact) mass is 522 g/mol. The van der Waals surface area contributed by atoms with Gasteiger partial charge in [-0.2, -0.15) is 0 Å². The van der Waals surface area contributed by atoms with E-state index in [2.05, 4.69) is 132 Å². The van der Waals surface area contributed by atoms with E-state index in [1.54, 1.807) is 14.2 Å². The molecule has 0 spiro atoms. The summed E-state index contributed by atoms with van der Waals surface area (Å²) in [5.41, 5.74) is 4.42. The fraction of sp³-hybridized carbons (Fsp3) is 0.235. The molecule has 0 saturated heterocycles. The average molecular weight is 523 g/mol. The van der Waals surface area contributed by atoms with Crippen molar-refractivity contribution in [1.82, 2.24) is 0 Å². The molecule has 4 aromatic rings. The lowest BCUT2D eigenvalue weighted by atomic mass is 10.0. The van der Waals surface area contributed by atoms with Crippen LogP contribution in [0.3, 0.4) is 0 Å². The molecular formula is C34H38O3Si. The van der Waals surface area contributed by atoms with Gasteiger partial charge in [-0.15, -0.1) is 0 Å². The lowest BCUT2D eigenvalue weighted by Crippen LogP contribution is -2.68. The van der Waals surface area contributed by atoms with Crippen molar-refractivity contribution in [1.29, 1.82) is 0 Å². The zero-order chi connectivity index (χ0) is 27.3. The van der Waals surface area contributed by atoms with Gasteiger partial charge in [0.1, 0.15) is 11.5 Å². The smallest absolute Gasteiger partial charge is 0.320 e. The number of hydrogen-bond donors (Lipinski definition) is 0. The van der Waals surface area contributed by atoms with Crippen LogP contribution in [-0.4, -0.2) is 22.5 Å². The summed E-state index contributed by atoms with van der Waals surface area (Å²) in [5, 5.41) is 2.31. The Hall–Kier alpha value is -3.76. The molecule has 4 aromatic carbocycles. The van der Waals surface area contributed by atoms with E-state index >= 15 is 0 Å². The second-order valence-corrected chi connectivity index (χ2v) is 14.9. The van der Waals surface area contributed by atoms with E-state index in [-0.39, 0.29) is 5.04 Å². The van der Waals surface area contributed by atoms with E-state index in [4.69, 9.17) is 13.9 Å². The highest BCUT2D eigenvalue weighted by Gasteiger charge is 2.52. The van der Waals surface area contributed by atoms with Crippen LogP contribution in [0.5, 0.6) is 17.2 Å². The second kappa shape index (κ2) is 11.3. The molecule has 0 aliphatic heterocycles. The van der Waals surface area contributed by atoms with Gasteiger partial charge < -0.3 is 13.9 Å². The van der Waals surface area contributed by atoms with Gasteiger partial charge in [0.15, 0.2) is 5.75 Å². The molecule has 4 heteroatoms. The first kappa shape index (κ1) is 27.3. The summed E-state index contributed by atoms with van der Waals surface area (Å²) in [5.74, 6) is 2.42. The topological polar surface area (TPSA) is 27.7 Å². The summed E-state index contributed by atoms with van der Waals surface area (Å²) < 4.78 is 18.6. The molecule has 4 rings (SSSR count). The molecule has 0 heterocycles. The fourth-order valence-electron chi connectivity index (χ4n) is 5.29. The third-order valence-corrected chi connectivity index (χ3v) is 12.0. The van der Waals surface area contributed by atoms with Gasteiger partial charge in [0.05, 0.1) is 14.2 Å². The third kappa shape index (κ3) is 5.41. The summed E-state index contributed by atoms with van der Waals surface area (Å²) in [7, 11) is 0.627. The number of rotatable bonds is 8. The van der Waals surface area contributed by atoms with Crippen LogP contribution < -0.4 is 24.3 Å². The minimum atomic E-state index is -2.79. The van der Waals surface area contributed by atoms with E-state index in [0.717, 1.165) is 39.5 Å². The Kier molecular flexibility index (Phi) is 8.13. The van der Waals surface area contributed by atoms with Crippen LogP contribution in [0, 0.1) is 13.8 Å². The average Bonchev–Trinajstić information content (AvgIpc) is 2.91. The molecular weight excluding hydrogens is 484 g/mol. The van der Waals surface area contributed by atoms with Crippen molar-refractivity contribution in [3.63, 3.8) is 0 Å². The Morgan fingerprint density at radius 2 is 1.13 bits per heavy atom. The highest BCUT2D eigenvalue weighted by atomic mass is 28.4. The highest BCUT2D eigenvalue weighted by molar-refractivity contribution is 7.00. The second-order valence-electron chi connectivity index (χ2n) is 10.7. The lowest BCUT2D eigenvalue weighted by Gasteiger charge is -2.43. The Bertz CT molecular complexity index is 1340. The standard InChI is InChI=1S/C34H38O3Si/c1-25-22-28(23-26(2)33(25)36-7)19-18-27-20-21-31(35-6)32(24-27)37-38(34(3,4)5,29-14-10-8-11-15-29)30-16-12-9-13-17-30/h8-24H,1-7H3/b19-18-. The number of hydrogen-bond acceptors (Lipinski definition) is 3. The van der Waals surface area contributed by atoms with Crippen molar-refractivity contribution in [2.75, 3.05) is 14.2 Å². The van der Waals surface area contributed by atoms with E-state index in [0.29, 0.717) is 0 Å². The molecule has 0 N–H and O–H groups in total. The van der Waals surface area contributed by atoms with E-state index in [9.17, 15) is 0 Å². The van der Waals surface area contributed by atoms with Gasteiger partial charge in [0, 0.05) is 0 Å². The molecule has 0 unspecified atom stereocenters. The maximum absolute atomic E-state index is 7.29. The normalized spacial score (nSPS) is 12.0. The van der Waals surface area contributed by atoms with E-state index in [1.165, 1.54) is 10.4 Å². The molecule has 3 nitrogen and oxygen atoms in total. The van der Waals surface area contributed by atoms with Gasteiger partial charge in [-0.05, 0) is 75.8 Å². The predicted molar refractivity (Wildman–Crippen MR) is 163 cm³/mol. The van der Waals surface area contributed by atoms with Crippen LogP contribution in [0.15, 0.2) is 91.0 Å². The SMILES string of the molecule is COc1ccc(/C=C\c2cc(C)c(OC)c(C)c2)cc1O[Si](c1ccccc1)(c1ccccc1)C(C)(C)C. The molecule has 0 aliphatic rings. The zero-order valence-corrected chi connectivity index (χ0v) is 24.5. The van der Waals surface area contributed by atoms with Crippen molar-refractivity contribution in [3.05, 3.63) is 113 Å². The minimum absolute atomic E-state index is 0.148. The van der Waals surface area contributed by atoms with Crippen LogP contribution in [-0.2, 0) is 0 Å². The van der Waals surface area contributed by atoms with Gasteiger partial charge in [-0.3, -0.25) is 0 Å². The molecule has 0 saturated carbocycles. The van der Waals surface area contributed by atoms with Crippen LogP contribution in [0.4, 0.5) is 0 Å². The number of benzene rings is 4. The van der Waals surface area contributed by atoms with Gasteiger partial charge in [0.2, 0.25) is 0 Å². The summed E-state index contributed by atoms with van der Waals surface area (Å²) in [6, 6.07) is 31.8. The van der Waals surface area contributed by atoms with Crippen molar-refractivity contribution in [2.45, 2.75) is 39.7 Å². The Balaban J connectivity index is 1.82. The summed E-state index contributed by atoms with van der Waals surface area (Å²) in [4.78, 5) is 0. The summed E-state index contributed by atoms with van der Waals surface area (Å²) >= 11 is 0. The first-order chi connectivity index (χ1) is 18.2. The lowest BCUT2D eigenvalue weighted by molar-refractivity contribution is 0.388.